The van der Waals surface area contributed by atoms with E-state index < -0.39 is 0 Å². The Labute approximate surface area is 74.6 Å². The number of para-hydroxylation sites is 1. The standard InChI is InChI=1S/C9H7N3O/c13-12-6-7-2-1-3-8-9(7)11-5-4-10-8/h1-6,13H. The molecule has 0 aliphatic heterocycles. The quantitative estimate of drug-likeness (QED) is 0.403. The second kappa shape index (κ2) is 3.18. The van der Waals surface area contributed by atoms with Gasteiger partial charge in [-0.2, -0.15) is 0 Å². The summed E-state index contributed by atoms with van der Waals surface area (Å²) in [5.74, 6) is 0. The Morgan fingerprint density at radius 1 is 1.23 bits per heavy atom. The number of oxime groups is 1. The maximum atomic E-state index is 8.40. The molecule has 4 nitrogen and oxygen atoms in total. The van der Waals surface area contributed by atoms with Crippen molar-refractivity contribution in [2.24, 2.45) is 5.16 Å². The summed E-state index contributed by atoms with van der Waals surface area (Å²) in [5.41, 5.74) is 2.29. The van der Waals surface area contributed by atoms with Gasteiger partial charge in [0.15, 0.2) is 0 Å². The molecular weight excluding hydrogens is 166 g/mol. The molecule has 0 atom stereocenters. The van der Waals surface area contributed by atoms with Crippen molar-refractivity contribution in [1.82, 2.24) is 9.97 Å². The van der Waals surface area contributed by atoms with Crippen LogP contribution in [0.2, 0.25) is 0 Å². The molecule has 0 saturated carbocycles. The Morgan fingerprint density at radius 3 is 2.92 bits per heavy atom. The normalized spacial score (nSPS) is 11.1. The predicted molar refractivity (Wildman–Crippen MR) is 48.9 cm³/mol. The second-order valence-corrected chi connectivity index (χ2v) is 2.52. The summed E-state index contributed by atoms with van der Waals surface area (Å²) in [6.45, 7) is 0. The number of hydrogen-bond donors (Lipinski definition) is 1. The molecule has 0 bridgehead atoms. The molecule has 4 heteroatoms. The van der Waals surface area contributed by atoms with E-state index >= 15 is 0 Å². The molecule has 1 heterocycles. The highest BCUT2D eigenvalue weighted by Crippen LogP contribution is 2.11. The highest BCUT2D eigenvalue weighted by atomic mass is 16.4. The molecule has 1 N–H and O–H groups in total. The van der Waals surface area contributed by atoms with Gasteiger partial charge >= 0.3 is 0 Å². The Hall–Kier alpha value is -1.97. The smallest absolute Gasteiger partial charge is 0.0975 e. The first-order valence-electron chi connectivity index (χ1n) is 3.79. The summed E-state index contributed by atoms with van der Waals surface area (Å²) in [6.07, 6.45) is 4.58. The molecule has 0 unspecified atom stereocenters. The molecule has 2 aromatic rings. The lowest BCUT2D eigenvalue weighted by atomic mass is 10.2. The Morgan fingerprint density at radius 2 is 2.08 bits per heavy atom. The zero-order valence-corrected chi connectivity index (χ0v) is 6.75. The predicted octanol–water partition coefficient (Wildman–Crippen LogP) is 1.44. The number of fused-ring (bicyclic) bond motifs is 1. The number of aromatic nitrogens is 2. The van der Waals surface area contributed by atoms with Crippen molar-refractivity contribution in [3.8, 4) is 0 Å². The van der Waals surface area contributed by atoms with Crippen molar-refractivity contribution >= 4 is 17.2 Å². The fourth-order valence-corrected chi connectivity index (χ4v) is 1.18. The highest BCUT2D eigenvalue weighted by Gasteiger charge is 1.98. The van der Waals surface area contributed by atoms with Gasteiger partial charge in [-0.25, -0.2) is 0 Å². The third kappa shape index (κ3) is 1.33. The van der Waals surface area contributed by atoms with Crippen LogP contribution >= 0.6 is 0 Å². The summed E-state index contributed by atoms with van der Waals surface area (Å²) in [5, 5.41) is 11.4. The summed E-state index contributed by atoms with van der Waals surface area (Å²) in [4.78, 5) is 8.25. The monoisotopic (exact) mass is 173 g/mol. The van der Waals surface area contributed by atoms with Crippen LogP contribution in [0.15, 0.2) is 35.7 Å². The van der Waals surface area contributed by atoms with Gasteiger partial charge in [0.2, 0.25) is 0 Å². The molecule has 2 rings (SSSR count). The van der Waals surface area contributed by atoms with E-state index in [2.05, 4.69) is 15.1 Å². The topological polar surface area (TPSA) is 58.4 Å². The van der Waals surface area contributed by atoms with Crippen LogP contribution in [0.5, 0.6) is 0 Å². The zero-order chi connectivity index (χ0) is 9.10. The van der Waals surface area contributed by atoms with Crippen molar-refractivity contribution in [3.63, 3.8) is 0 Å². The Bertz CT molecular complexity index is 448. The molecule has 0 spiro atoms. The first kappa shape index (κ1) is 7.67. The third-order valence-electron chi connectivity index (χ3n) is 1.73. The summed E-state index contributed by atoms with van der Waals surface area (Å²) >= 11 is 0. The highest BCUT2D eigenvalue weighted by molar-refractivity contribution is 5.95. The van der Waals surface area contributed by atoms with E-state index in [1.807, 2.05) is 18.2 Å². The van der Waals surface area contributed by atoms with E-state index in [0.717, 1.165) is 16.6 Å². The molecule has 0 aliphatic carbocycles. The zero-order valence-electron chi connectivity index (χ0n) is 6.75. The molecule has 0 aliphatic rings. The fourth-order valence-electron chi connectivity index (χ4n) is 1.18. The average Bonchev–Trinajstić information content (AvgIpc) is 2.19. The lowest BCUT2D eigenvalue weighted by Gasteiger charge is -1.97. The number of benzene rings is 1. The average molecular weight is 173 g/mol. The van der Waals surface area contributed by atoms with E-state index in [4.69, 9.17) is 5.21 Å². The van der Waals surface area contributed by atoms with Gasteiger partial charge in [-0.05, 0) is 6.07 Å². The lowest BCUT2D eigenvalue weighted by molar-refractivity contribution is 0.322. The molecule has 0 amide bonds. The number of rotatable bonds is 1. The van der Waals surface area contributed by atoms with Crippen LogP contribution in [0.25, 0.3) is 11.0 Å². The van der Waals surface area contributed by atoms with Crippen molar-refractivity contribution < 1.29 is 5.21 Å². The minimum absolute atomic E-state index is 0.739. The van der Waals surface area contributed by atoms with E-state index in [1.165, 1.54) is 6.21 Å². The molecule has 0 fully saturated rings. The number of hydrogen-bond acceptors (Lipinski definition) is 4. The van der Waals surface area contributed by atoms with Gasteiger partial charge < -0.3 is 5.21 Å². The molecule has 64 valence electrons. The summed E-state index contributed by atoms with van der Waals surface area (Å²) in [6, 6.07) is 5.52. The van der Waals surface area contributed by atoms with Gasteiger partial charge in [-0.15, -0.1) is 0 Å². The largest absolute Gasteiger partial charge is 0.411 e. The van der Waals surface area contributed by atoms with Gasteiger partial charge in [-0.1, -0.05) is 17.3 Å². The van der Waals surface area contributed by atoms with E-state index in [-0.39, 0.29) is 0 Å². The minimum atomic E-state index is 0.739. The van der Waals surface area contributed by atoms with Gasteiger partial charge in [0.25, 0.3) is 0 Å². The summed E-state index contributed by atoms with van der Waals surface area (Å²) in [7, 11) is 0. The van der Waals surface area contributed by atoms with Crippen LogP contribution in [-0.2, 0) is 0 Å². The van der Waals surface area contributed by atoms with Crippen LogP contribution < -0.4 is 0 Å². The van der Waals surface area contributed by atoms with Crippen LogP contribution in [0.4, 0.5) is 0 Å². The van der Waals surface area contributed by atoms with E-state index in [9.17, 15) is 0 Å². The SMILES string of the molecule is ON=Cc1cccc2nccnc12. The first-order chi connectivity index (χ1) is 6.42. The molecular formula is C9H7N3O. The Balaban J connectivity index is 2.75. The van der Waals surface area contributed by atoms with E-state index in [1.54, 1.807) is 12.4 Å². The summed E-state index contributed by atoms with van der Waals surface area (Å²) < 4.78 is 0. The van der Waals surface area contributed by atoms with Crippen molar-refractivity contribution in [2.45, 2.75) is 0 Å². The number of nitrogens with zero attached hydrogens (tertiary/aromatic N) is 3. The molecule has 0 radical (unpaired) electrons. The first-order valence-corrected chi connectivity index (χ1v) is 3.79. The van der Waals surface area contributed by atoms with Crippen molar-refractivity contribution in [2.75, 3.05) is 0 Å². The van der Waals surface area contributed by atoms with E-state index in [0.29, 0.717) is 0 Å². The minimum Gasteiger partial charge on any atom is -0.411 e. The molecule has 1 aromatic heterocycles. The van der Waals surface area contributed by atoms with Crippen LogP contribution in [-0.4, -0.2) is 21.4 Å². The molecule has 0 saturated heterocycles. The van der Waals surface area contributed by atoms with Crippen LogP contribution in [0.3, 0.4) is 0 Å². The van der Waals surface area contributed by atoms with Gasteiger partial charge in [0, 0.05) is 18.0 Å². The van der Waals surface area contributed by atoms with Crippen molar-refractivity contribution in [3.05, 3.63) is 36.2 Å². The van der Waals surface area contributed by atoms with Crippen LogP contribution in [0.1, 0.15) is 5.56 Å². The molecule has 13 heavy (non-hydrogen) atoms. The third-order valence-corrected chi connectivity index (χ3v) is 1.73. The van der Waals surface area contributed by atoms with Crippen molar-refractivity contribution in [1.29, 1.82) is 0 Å². The van der Waals surface area contributed by atoms with Gasteiger partial charge in [0.05, 0.1) is 17.2 Å². The fraction of sp³-hybridized carbons (Fsp3) is 0. The second-order valence-electron chi connectivity index (χ2n) is 2.52. The van der Waals surface area contributed by atoms with Gasteiger partial charge in [-0.3, -0.25) is 9.97 Å². The maximum Gasteiger partial charge on any atom is 0.0975 e. The van der Waals surface area contributed by atoms with Crippen LogP contribution in [0, 0.1) is 0 Å². The Kier molecular flexibility index (Phi) is 1.88. The maximum absolute atomic E-state index is 8.40. The van der Waals surface area contributed by atoms with Gasteiger partial charge in [0.1, 0.15) is 0 Å². The molecule has 1 aromatic carbocycles. The lowest BCUT2D eigenvalue weighted by Crippen LogP contribution is -1.88.